The van der Waals surface area contributed by atoms with Crippen LogP contribution in [0.2, 0.25) is 0 Å². The van der Waals surface area contributed by atoms with Gasteiger partial charge in [-0.3, -0.25) is 4.79 Å². The third-order valence-corrected chi connectivity index (χ3v) is 4.31. The maximum atomic E-state index is 9.06. The van der Waals surface area contributed by atoms with Crippen molar-refractivity contribution in [2.24, 2.45) is 0 Å². The lowest BCUT2D eigenvalue weighted by atomic mass is 9.96. The summed E-state index contributed by atoms with van der Waals surface area (Å²) in [7, 11) is 1.74. The summed E-state index contributed by atoms with van der Waals surface area (Å²) < 4.78 is 5.29. The molecule has 0 N–H and O–H groups in total. The molecule has 0 unspecified atom stereocenters. The van der Waals surface area contributed by atoms with Crippen LogP contribution in [-0.4, -0.2) is 13.4 Å². The quantitative estimate of drug-likeness (QED) is 0.387. The van der Waals surface area contributed by atoms with Crippen molar-refractivity contribution in [3.63, 3.8) is 0 Å². The van der Waals surface area contributed by atoms with Gasteiger partial charge in [0.15, 0.2) is 0 Å². The molecule has 0 saturated carbocycles. The highest BCUT2D eigenvalue weighted by Crippen LogP contribution is 2.26. The number of aldehydes is 1. The Morgan fingerprint density at radius 2 is 1.61 bits per heavy atom. The monoisotopic (exact) mass is 380 g/mol. The van der Waals surface area contributed by atoms with E-state index >= 15 is 0 Å². The van der Waals surface area contributed by atoms with E-state index in [-0.39, 0.29) is 0 Å². The highest BCUT2D eigenvalue weighted by molar-refractivity contribution is 5.69. The summed E-state index contributed by atoms with van der Waals surface area (Å²) in [4.78, 5) is 9.06. The summed E-state index contributed by atoms with van der Waals surface area (Å²) in [5.74, 6) is 0. The number of rotatable bonds is 6. The van der Waals surface area contributed by atoms with Crippen LogP contribution in [-0.2, 0) is 16.1 Å². The first kappa shape index (κ1) is 25.6. The number of carbonyl (C=O) groups excluding carboxylic acids is 1. The average Bonchev–Trinajstić information content (AvgIpc) is 2.72. The molecule has 0 aliphatic carbocycles. The number of hydrogen-bond acceptors (Lipinski definition) is 2. The Morgan fingerprint density at radius 1 is 1.04 bits per heavy atom. The molecule has 2 heteroatoms. The summed E-state index contributed by atoms with van der Waals surface area (Å²) in [6.07, 6.45) is 5.21. The standard InChI is InChI=1S/C21H26O.C3H4O.C2H6/c1-6-15(2)11-18-9-10-19(12-17(18)4)20-8-7-16(3)21(13-20)14-22-5;1-2-3-4;1-2/h7-13H,6,14H2,1-5H3;2-3H,1H2;1-2H3/b15-11+;;. The summed E-state index contributed by atoms with van der Waals surface area (Å²) in [5.41, 5.74) is 9.09. The van der Waals surface area contributed by atoms with Crippen molar-refractivity contribution in [3.8, 4) is 11.1 Å². The van der Waals surface area contributed by atoms with Gasteiger partial charge in [0.1, 0.15) is 6.29 Å². The third-order valence-electron chi connectivity index (χ3n) is 4.31. The van der Waals surface area contributed by atoms with E-state index in [4.69, 9.17) is 9.53 Å². The zero-order chi connectivity index (χ0) is 21.5. The predicted octanol–water partition coefficient (Wildman–Crippen LogP) is 7.33. The predicted molar refractivity (Wildman–Crippen MR) is 124 cm³/mol. The van der Waals surface area contributed by atoms with Gasteiger partial charge in [0.25, 0.3) is 0 Å². The minimum atomic E-state index is 0.639. The molecule has 2 rings (SSSR count). The second kappa shape index (κ2) is 14.6. The highest BCUT2D eigenvalue weighted by Gasteiger charge is 2.05. The molecule has 0 aliphatic heterocycles. The number of hydrogen-bond donors (Lipinski definition) is 0. The Bertz CT molecular complexity index is 764. The van der Waals surface area contributed by atoms with Gasteiger partial charge in [0.05, 0.1) is 6.61 Å². The second-order valence-electron chi connectivity index (χ2n) is 6.36. The molecule has 0 spiro atoms. The lowest BCUT2D eigenvalue weighted by Crippen LogP contribution is -1.93. The fraction of sp³-hybridized carbons (Fsp3) is 0.346. The molecule has 0 amide bonds. The molecule has 28 heavy (non-hydrogen) atoms. The van der Waals surface area contributed by atoms with E-state index in [9.17, 15) is 0 Å². The topological polar surface area (TPSA) is 26.3 Å². The van der Waals surface area contributed by atoms with Crippen molar-refractivity contribution in [3.05, 3.63) is 76.9 Å². The van der Waals surface area contributed by atoms with Gasteiger partial charge in [0, 0.05) is 7.11 Å². The molecular formula is C26H36O2. The Labute approximate surface area is 172 Å². The van der Waals surface area contributed by atoms with Crippen molar-refractivity contribution >= 4 is 12.4 Å². The molecule has 0 heterocycles. The summed E-state index contributed by atoms with van der Waals surface area (Å²) >= 11 is 0. The van der Waals surface area contributed by atoms with Crippen molar-refractivity contribution < 1.29 is 9.53 Å². The van der Waals surface area contributed by atoms with Crippen molar-refractivity contribution in [1.82, 2.24) is 0 Å². The van der Waals surface area contributed by atoms with Gasteiger partial charge in [-0.2, -0.15) is 0 Å². The Hall–Kier alpha value is -2.45. The van der Waals surface area contributed by atoms with Crippen LogP contribution < -0.4 is 0 Å². The van der Waals surface area contributed by atoms with Crippen LogP contribution >= 0.6 is 0 Å². The van der Waals surface area contributed by atoms with E-state index in [0.29, 0.717) is 12.9 Å². The van der Waals surface area contributed by atoms with Gasteiger partial charge >= 0.3 is 0 Å². The van der Waals surface area contributed by atoms with Crippen LogP contribution in [0.4, 0.5) is 0 Å². The summed E-state index contributed by atoms with van der Waals surface area (Å²) in [6.45, 7) is 16.5. The number of carbonyl (C=O) groups is 1. The van der Waals surface area contributed by atoms with Crippen LogP contribution in [0.25, 0.3) is 17.2 Å². The molecule has 0 fully saturated rings. The van der Waals surface area contributed by atoms with Gasteiger partial charge in [-0.1, -0.05) is 69.3 Å². The van der Waals surface area contributed by atoms with Crippen LogP contribution in [0, 0.1) is 13.8 Å². The molecule has 2 aromatic rings. The Balaban J connectivity index is 0.00000108. The molecule has 0 aromatic heterocycles. The fourth-order valence-electron chi connectivity index (χ4n) is 2.55. The van der Waals surface area contributed by atoms with E-state index in [2.05, 4.69) is 76.7 Å². The second-order valence-corrected chi connectivity index (χ2v) is 6.36. The molecule has 2 nitrogen and oxygen atoms in total. The smallest absolute Gasteiger partial charge is 0.142 e. The van der Waals surface area contributed by atoms with Crippen LogP contribution in [0.5, 0.6) is 0 Å². The first-order valence-electron chi connectivity index (χ1n) is 9.89. The SMILES string of the molecule is C=CC=O.CC.CC/C(C)=C/c1ccc(-c2ccc(C)c(COC)c2)cc1C. The van der Waals surface area contributed by atoms with Gasteiger partial charge in [0.2, 0.25) is 0 Å². The van der Waals surface area contributed by atoms with E-state index in [0.717, 1.165) is 6.42 Å². The maximum Gasteiger partial charge on any atom is 0.142 e. The zero-order valence-corrected chi connectivity index (χ0v) is 18.6. The summed E-state index contributed by atoms with van der Waals surface area (Å²) in [5, 5.41) is 0. The average molecular weight is 381 g/mol. The van der Waals surface area contributed by atoms with Gasteiger partial charge < -0.3 is 4.74 Å². The van der Waals surface area contributed by atoms with Gasteiger partial charge in [-0.05, 0) is 72.7 Å². The van der Waals surface area contributed by atoms with Gasteiger partial charge in [-0.15, -0.1) is 0 Å². The highest BCUT2D eigenvalue weighted by atomic mass is 16.5. The first-order chi connectivity index (χ1) is 13.5. The summed E-state index contributed by atoms with van der Waals surface area (Å²) in [6, 6.07) is 13.3. The lowest BCUT2D eigenvalue weighted by Gasteiger charge is -2.10. The number of aryl methyl sites for hydroxylation is 2. The van der Waals surface area contributed by atoms with Crippen molar-refractivity contribution in [2.75, 3.05) is 7.11 Å². The Kier molecular flexibility index (Phi) is 13.3. The van der Waals surface area contributed by atoms with Crippen molar-refractivity contribution in [1.29, 1.82) is 0 Å². The number of benzene rings is 2. The van der Waals surface area contributed by atoms with Crippen LogP contribution in [0.3, 0.4) is 0 Å². The van der Waals surface area contributed by atoms with Gasteiger partial charge in [-0.25, -0.2) is 0 Å². The normalized spacial score (nSPS) is 10.2. The largest absolute Gasteiger partial charge is 0.380 e. The molecular weight excluding hydrogens is 344 g/mol. The lowest BCUT2D eigenvalue weighted by molar-refractivity contribution is -0.104. The van der Waals surface area contributed by atoms with E-state index < -0.39 is 0 Å². The van der Waals surface area contributed by atoms with E-state index in [1.807, 2.05) is 13.8 Å². The molecule has 152 valence electrons. The van der Waals surface area contributed by atoms with Crippen molar-refractivity contribution in [2.45, 2.75) is 54.6 Å². The fourth-order valence-corrected chi connectivity index (χ4v) is 2.55. The van der Waals surface area contributed by atoms with E-state index in [1.54, 1.807) is 7.11 Å². The number of methoxy groups -OCH3 is 1. The molecule has 0 aliphatic rings. The first-order valence-corrected chi connectivity index (χ1v) is 9.89. The van der Waals surface area contributed by atoms with Crippen LogP contribution in [0.1, 0.15) is 56.4 Å². The third kappa shape index (κ3) is 8.49. The van der Waals surface area contributed by atoms with Crippen LogP contribution in [0.15, 0.2) is 54.6 Å². The minimum Gasteiger partial charge on any atom is -0.380 e. The number of ether oxygens (including phenoxy) is 1. The van der Waals surface area contributed by atoms with E-state index in [1.165, 1.54) is 45.0 Å². The molecule has 0 radical (unpaired) electrons. The molecule has 2 aromatic carbocycles. The Morgan fingerprint density at radius 3 is 2.11 bits per heavy atom. The molecule has 0 atom stereocenters. The molecule has 0 saturated heterocycles. The number of allylic oxidation sites excluding steroid dienone is 2. The minimum absolute atomic E-state index is 0.639. The molecule has 0 bridgehead atoms. The maximum absolute atomic E-state index is 9.06. The zero-order valence-electron chi connectivity index (χ0n) is 18.6.